The lowest BCUT2D eigenvalue weighted by Gasteiger charge is -2.28. The van der Waals surface area contributed by atoms with E-state index in [-0.39, 0.29) is 12.1 Å². The average molecular weight is 358 g/mol. The van der Waals surface area contributed by atoms with Gasteiger partial charge in [0.1, 0.15) is 11.6 Å². The van der Waals surface area contributed by atoms with E-state index < -0.39 is 11.6 Å². The first-order valence-corrected chi connectivity index (χ1v) is 8.92. The molecule has 0 saturated heterocycles. The Hall–Kier alpha value is -2.41. The van der Waals surface area contributed by atoms with Gasteiger partial charge in [-0.25, -0.2) is 13.8 Å². The fourth-order valence-corrected chi connectivity index (χ4v) is 3.55. The Morgan fingerprint density at radius 2 is 2.08 bits per heavy atom. The first-order chi connectivity index (χ1) is 12.6. The quantitative estimate of drug-likeness (QED) is 0.917. The maximum atomic E-state index is 13.9. The maximum absolute atomic E-state index is 13.9. The van der Waals surface area contributed by atoms with Crippen LogP contribution in [0.15, 0.2) is 28.0 Å². The molecule has 7 heteroatoms. The molecular weight excluding hydrogens is 338 g/mol. The Morgan fingerprint density at radius 3 is 2.88 bits per heavy atom. The lowest BCUT2D eigenvalue weighted by Crippen LogP contribution is -2.36. The number of hydrogen-bond acceptors (Lipinski definition) is 4. The molecule has 0 bridgehead atoms. The molecule has 1 N–H and O–H groups in total. The second-order valence-corrected chi connectivity index (χ2v) is 6.82. The minimum atomic E-state index is -0.462. The number of aliphatic imine (C=N–C) groups is 1. The summed E-state index contributed by atoms with van der Waals surface area (Å²) in [5.74, 6) is -0.316. The van der Waals surface area contributed by atoms with Crippen LogP contribution in [-0.4, -0.2) is 33.7 Å². The summed E-state index contributed by atoms with van der Waals surface area (Å²) in [5.41, 5.74) is 2.40. The number of hydrogen-bond donors (Lipinski definition) is 1. The molecule has 0 aliphatic carbocycles. The number of H-pyrrole nitrogens is 1. The van der Waals surface area contributed by atoms with Crippen molar-refractivity contribution in [1.82, 2.24) is 14.9 Å². The fourth-order valence-electron chi connectivity index (χ4n) is 3.55. The Kier molecular flexibility index (Phi) is 4.63. The molecule has 0 radical (unpaired) electrons. The Morgan fingerprint density at radius 1 is 1.19 bits per heavy atom. The molecule has 1 aromatic heterocycles. The lowest BCUT2D eigenvalue weighted by atomic mass is 10.0. The third kappa shape index (κ3) is 3.44. The van der Waals surface area contributed by atoms with Crippen molar-refractivity contribution in [3.05, 3.63) is 62.8 Å². The Labute approximate surface area is 149 Å². The molecule has 0 atom stereocenters. The minimum Gasteiger partial charge on any atom is -0.305 e. The van der Waals surface area contributed by atoms with Crippen molar-refractivity contribution in [2.75, 3.05) is 13.1 Å². The minimum absolute atomic E-state index is 0.164. The molecule has 0 fully saturated rings. The van der Waals surface area contributed by atoms with Crippen molar-refractivity contribution < 1.29 is 8.78 Å². The molecule has 136 valence electrons. The summed E-state index contributed by atoms with van der Waals surface area (Å²) in [4.78, 5) is 26.4. The summed E-state index contributed by atoms with van der Waals surface area (Å²) in [6, 6.07) is 3.44. The summed E-state index contributed by atoms with van der Waals surface area (Å²) < 4.78 is 27.2. The Bertz CT molecular complexity index is 922. The van der Waals surface area contributed by atoms with Crippen LogP contribution >= 0.6 is 0 Å². The van der Waals surface area contributed by atoms with Gasteiger partial charge >= 0.3 is 0 Å². The van der Waals surface area contributed by atoms with E-state index in [0.717, 1.165) is 49.3 Å². The average Bonchev–Trinajstić information content (AvgIpc) is 2.66. The number of nitrogens with zero attached hydrogens (tertiary/aromatic N) is 3. The van der Waals surface area contributed by atoms with Crippen LogP contribution in [0.5, 0.6) is 0 Å². The normalized spacial score (nSPS) is 17.7. The van der Waals surface area contributed by atoms with Gasteiger partial charge in [0.25, 0.3) is 5.56 Å². The molecule has 0 spiro atoms. The van der Waals surface area contributed by atoms with Gasteiger partial charge in [-0.15, -0.1) is 0 Å². The van der Waals surface area contributed by atoms with Crippen LogP contribution in [0.3, 0.4) is 0 Å². The van der Waals surface area contributed by atoms with Crippen LogP contribution in [-0.2, 0) is 19.5 Å². The van der Waals surface area contributed by atoms with Gasteiger partial charge in [0.2, 0.25) is 0 Å². The molecule has 1 aromatic carbocycles. The number of rotatable bonds is 3. The van der Waals surface area contributed by atoms with Gasteiger partial charge < -0.3 is 4.98 Å². The zero-order valence-electron chi connectivity index (χ0n) is 14.4. The van der Waals surface area contributed by atoms with Crippen LogP contribution in [0.25, 0.3) is 0 Å². The van der Waals surface area contributed by atoms with E-state index in [0.29, 0.717) is 36.5 Å². The predicted octanol–water partition coefficient (Wildman–Crippen LogP) is 2.58. The standard InChI is InChI=1S/C19H20F2N4O/c20-13-4-5-15(21)12(9-13)10-25-8-6-16-14(11-25)19(26)24-18(23-16)17-3-1-2-7-22-17/h4-5,9H,1-3,6-8,10-11H2,(H,23,24,26). The molecule has 2 aromatic rings. The fraction of sp³-hybridized carbons (Fsp3) is 0.421. The van der Waals surface area contributed by atoms with Crippen LogP contribution in [0, 0.1) is 11.6 Å². The zero-order valence-corrected chi connectivity index (χ0v) is 14.4. The van der Waals surface area contributed by atoms with E-state index in [9.17, 15) is 13.6 Å². The third-order valence-electron chi connectivity index (χ3n) is 4.95. The number of fused-ring (bicyclic) bond motifs is 1. The number of halogens is 2. The van der Waals surface area contributed by atoms with Crippen molar-refractivity contribution in [2.45, 2.75) is 38.8 Å². The second-order valence-electron chi connectivity index (χ2n) is 6.82. The highest BCUT2D eigenvalue weighted by molar-refractivity contribution is 5.97. The predicted molar refractivity (Wildman–Crippen MR) is 94.3 cm³/mol. The van der Waals surface area contributed by atoms with Crippen LogP contribution in [0.2, 0.25) is 0 Å². The van der Waals surface area contributed by atoms with Crippen LogP contribution < -0.4 is 5.56 Å². The summed E-state index contributed by atoms with van der Waals surface area (Å²) >= 11 is 0. The van der Waals surface area contributed by atoms with Gasteiger partial charge in [0.05, 0.1) is 17.0 Å². The van der Waals surface area contributed by atoms with E-state index in [1.807, 2.05) is 4.90 Å². The topological polar surface area (TPSA) is 61.4 Å². The van der Waals surface area contributed by atoms with Crippen molar-refractivity contribution in [2.24, 2.45) is 4.99 Å². The van der Waals surface area contributed by atoms with Crippen molar-refractivity contribution >= 4 is 5.71 Å². The summed E-state index contributed by atoms with van der Waals surface area (Å²) in [5, 5.41) is 0. The highest BCUT2D eigenvalue weighted by Crippen LogP contribution is 2.19. The molecule has 2 aliphatic heterocycles. The van der Waals surface area contributed by atoms with Gasteiger partial charge in [0, 0.05) is 38.2 Å². The van der Waals surface area contributed by atoms with Gasteiger partial charge in [-0.05, 0) is 37.5 Å². The highest BCUT2D eigenvalue weighted by Gasteiger charge is 2.23. The van der Waals surface area contributed by atoms with Crippen molar-refractivity contribution in [3.8, 4) is 0 Å². The highest BCUT2D eigenvalue weighted by atomic mass is 19.1. The van der Waals surface area contributed by atoms with Gasteiger partial charge in [-0.2, -0.15) is 0 Å². The summed E-state index contributed by atoms with van der Waals surface area (Å²) in [6.45, 7) is 2.06. The number of aromatic nitrogens is 2. The first kappa shape index (κ1) is 17.0. The van der Waals surface area contributed by atoms with E-state index in [1.165, 1.54) is 6.07 Å². The largest absolute Gasteiger partial charge is 0.305 e. The molecule has 5 nitrogen and oxygen atoms in total. The molecular formula is C19H20F2N4O. The van der Waals surface area contributed by atoms with Gasteiger partial charge in [-0.1, -0.05) is 0 Å². The second kappa shape index (κ2) is 7.07. The Balaban J connectivity index is 1.56. The lowest BCUT2D eigenvalue weighted by molar-refractivity contribution is 0.238. The number of nitrogens with one attached hydrogen (secondary N) is 1. The molecule has 26 heavy (non-hydrogen) atoms. The molecule has 4 rings (SSSR count). The monoisotopic (exact) mass is 358 g/mol. The molecule has 3 heterocycles. The molecule has 0 saturated carbocycles. The van der Waals surface area contributed by atoms with Crippen molar-refractivity contribution in [1.29, 1.82) is 0 Å². The summed E-state index contributed by atoms with van der Waals surface area (Å²) in [7, 11) is 0. The number of aromatic amines is 1. The van der Waals surface area contributed by atoms with Crippen LogP contribution in [0.4, 0.5) is 8.78 Å². The van der Waals surface area contributed by atoms with Crippen LogP contribution in [0.1, 0.15) is 41.9 Å². The van der Waals surface area contributed by atoms with E-state index in [4.69, 9.17) is 0 Å². The van der Waals surface area contributed by atoms with E-state index in [1.54, 1.807) is 0 Å². The maximum Gasteiger partial charge on any atom is 0.255 e. The number of benzene rings is 1. The molecule has 0 amide bonds. The smallest absolute Gasteiger partial charge is 0.255 e. The third-order valence-corrected chi connectivity index (χ3v) is 4.95. The molecule has 2 aliphatic rings. The SMILES string of the molecule is O=c1[nH]c(C2=NCCCC2)nc2c1CN(Cc1cc(F)ccc1F)CC2. The first-order valence-electron chi connectivity index (χ1n) is 8.92. The molecule has 0 unspecified atom stereocenters. The van der Waals surface area contributed by atoms with Gasteiger partial charge in [0.15, 0.2) is 5.82 Å². The zero-order chi connectivity index (χ0) is 18.1. The van der Waals surface area contributed by atoms with E-state index in [2.05, 4.69) is 15.0 Å². The summed E-state index contributed by atoms with van der Waals surface area (Å²) in [6.07, 6.45) is 3.58. The van der Waals surface area contributed by atoms with Gasteiger partial charge in [-0.3, -0.25) is 14.7 Å². The van der Waals surface area contributed by atoms with Crippen molar-refractivity contribution in [3.63, 3.8) is 0 Å². The van der Waals surface area contributed by atoms with E-state index >= 15 is 0 Å².